The van der Waals surface area contributed by atoms with Crippen molar-refractivity contribution in [1.29, 1.82) is 0 Å². The molecule has 2 N–H and O–H groups in total. The molecule has 0 aliphatic heterocycles. The maximum Gasteiger partial charge on any atom is 0.271 e. The van der Waals surface area contributed by atoms with Gasteiger partial charge in [-0.15, -0.1) is 0 Å². The van der Waals surface area contributed by atoms with E-state index in [2.05, 4.69) is 27.4 Å². The van der Waals surface area contributed by atoms with Gasteiger partial charge in [-0.25, -0.2) is 13.8 Å². The molecule has 8 heteroatoms. The molecule has 0 radical (unpaired) electrons. The summed E-state index contributed by atoms with van der Waals surface area (Å²) in [5.74, 6) is 0.600. The number of ether oxygens (including phenoxy) is 1. The van der Waals surface area contributed by atoms with E-state index in [4.69, 9.17) is 4.74 Å². The van der Waals surface area contributed by atoms with Gasteiger partial charge in [0.25, 0.3) is 15.9 Å². The number of allylic oxidation sites excluding steroid dienone is 2. The highest BCUT2D eigenvalue weighted by Crippen LogP contribution is 2.20. The van der Waals surface area contributed by atoms with Crippen molar-refractivity contribution < 1.29 is 17.9 Å². The molecule has 0 aromatic heterocycles. The molecule has 158 valence electrons. The highest BCUT2D eigenvalue weighted by molar-refractivity contribution is 7.92. The molecular weight excluding hydrogens is 402 g/mol. The highest BCUT2D eigenvalue weighted by Gasteiger charge is 2.15. The predicted molar refractivity (Wildman–Crippen MR) is 117 cm³/mol. The Balaban J connectivity index is 1.58. The molecule has 1 unspecified atom stereocenters. The molecule has 0 heterocycles. The van der Waals surface area contributed by atoms with E-state index in [9.17, 15) is 13.2 Å². The third-order valence-corrected chi connectivity index (χ3v) is 6.00. The number of anilines is 1. The Hall–Kier alpha value is -3.13. The number of nitrogens with zero attached hydrogens (tertiary/aromatic N) is 1. The number of carbonyl (C=O) groups excluding carboxylic acids is 1. The van der Waals surface area contributed by atoms with Crippen LogP contribution in [0.5, 0.6) is 5.75 Å². The molecule has 1 amide bonds. The first kappa shape index (κ1) is 21.6. The lowest BCUT2D eigenvalue weighted by Crippen LogP contribution is -2.19. The van der Waals surface area contributed by atoms with Crippen molar-refractivity contribution in [1.82, 2.24) is 5.43 Å². The van der Waals surface area contributed by atoms with Crippen LogP contribution in [0.15, 0.2) is 70.7 Å². The van der Waals surface area contributed by atoms with Crippen molar-refractivity contribution in [3.05, 3.63) is 66.2 Å². The first-order chi connectivity index (χ1) is 14.5. The van der Waals surface area contributed by atoms with E-state index in [0.717, 1.165) is 19.3 Å². The number of hydrazone groups is 1. The zero-order valence-corrected chi connectivity index (χ0v) is 17.6. The summed E-state index contributed by atoms with van der Waals surface area (Å²) in [6.45, 7) is 2.37. The molecule has 3 rings (SSSR count). The molecule has 2 aromatic rings. The van der Waals surface area contributed by atoms with Crippen LogP contribution < -0.4 is 14.9 Å². The minimum atomic E-state index is -3.74. The first-order valence-corrected chi connectivity index (χ1v) is 11.3. The molecule has 0 spiro atoms. The lowest BCUT2D eigenvalue weighted by molar-refractivity contribution is 0.0955. The van der Waals surface area contributed by atoms with E-state index in [0.29, 0.717) is 29.5 Å². The molecule has 1 aliphatic carbocycles. The molecule has 0 saturated carbocycles. The van der Waals surface area contributed by atoms with Crippen LogP contribution in [0.2, 0.25) is 0 Å². The van der Waals surface area contributed by atoms with Gasteiger partial charge in [-0.05, 0) is 80.6 Å². The van der Waals surface area contributed by atoms with E-state index >= 15 is 0 Å². The Labute approximate surface area is 176 Å². The number of hydrogen-bond acceptors (Lipinski definition) is 5. The number of amides is 1. The highest BCUT2D eigenvalue weighted by atomic mass is 32.2. The number of hydrogen-bond donors (Lipinski definition) is 2. The molecule has 0 saturated heterocycles. The fraction of sp³-hybridized carbons (Fsp3) is 0.273. The van der Waals surface area contributed by atoms with Crippen LogP contribution in [0.4, 0.5) is 5.69 Å². The Bertz CT molecular complexity index is 1010. The van der Waals surface area contributed by atoms with E-state index in [-0.39, 0.29) is 10.8 Å². The Morgan fingerprint density at radius 1 is 1.13 bits per heavy atom. The fourth-order valence-electron chi connectivity index (χ4n) is 3.00. The predicted octanol–water partition coefficient (Wildman–Crippen LogP) is 3.96. The van der Waals surface area contributed by atoms with Crippen molar-refractivity contribution in [3.63, 3.8) is 0 Å². The van der Waals surface area contributed by atoms with Crippen LogP contribution in [-0.2, 0) is 10.0 Å². The average molecular weight is 428 g/mol. The first-order valence-electron chi connectivity index (χ1n) is 9.82. The van der Waals surface area contributed by atoms with Gasteiger partial charge in [0.05, 0.1) is 11.5 Å². The average Bonchev–Trinajstić information content (AvgIpc) is 2.75. The molecule has 1 atom stereocenters. The maximum absolute atomic E-state index is 12.5. The van der Waals surface area contributed by atoms with Crippen LogP contribution in [0.25, 0.3) is 0 Å². The summed E-state index contributed by atoms with van der Waals surface area (Å²) < 4.78 is 32.9. The molecule has 0 fully saturated rings. The zero-order chi connectivity index (χ0) is 21.4. The van der Waals surface area contributed by atoms with Crippen LogP contribution in [-0.4, -0.2) is 27.1 Å². The second-order valence-corrected chi connectivity index (χ2v) is 8.53. The Kier molecular flexibility index (Phi) is 7.24. The summed E-state index contributed by atoms with van der Waals surface area (Å²) in [6, 6.07) is 12.3. The topological polar surface area (TPSA) is 96.9 Å². The minimum absolute atomic E-state index is 0.125. The monoisotopic (exact) mass is 427 g/mol. The van der Waals surface area contributed by atoms with E-state index in [1.165, 1.54) is 24.3 Å². The summed E-state index contributed by atoms with van der Waals surface area (Å²) in [5.41, 5.74) is 3.26. The number of sulfonamides is 1. The SMILES string of the molecule is CCOc1ccc(S(=O)(=O)Nc2ccc(C(=O)N/N=C/C3CC=CCC3)cc2)cc1. The van der Waals surface area contributed by atoms with Gasteiger partial charge in [-0.2, -0.15) is 5.10 Å². The van der Waals surface area contributed by atoms with Crippen molar-refractivity contribution >= 4 is 27.8 Å². The molecular formula is C22H25N3O4S. The number of carbonyl (C=O) groups is 1. The quantitative estimate of drug-likeness (QED) is 0.379. The normalized spacial score (nSPS) is 16.4. The Morgan fingerprint density at radius 3 is 2.50 bits per heavy atom. The molecule has 30 heavy (non-hydrogen) atoms. The van der Waals surface area contributed by atoms with Gasteiger partial charge in [0.1, 0.15) is 5.75 Å². The van der Waals surface area contributed by atoms with Crippen molar-refractivity contribution in [2.75, 3.05) is 11.3 Å². The van der Waals surface area contributed by atoms with Gasteiger partial charge >= 0.3 is 0 Å². The van der Waals surface area contributed by atoms with Crippen molar-refractivity contribution in [2.45, 2.75) is 31.1 Å². The number of benzene rings is 2. The minimum Gasteiger partial charge on any atom is -0.494 e. The van der Waals surface area contributed by atoms with Crippen molar-refractivity contribution in [3.8, 4) is 5.75 Å². The van der Waals surface area contributed by atoms with Gasteiger partial charge in [-0.1, -0.05) is 12.2 Å². The summed E-state index contributed by atoms with van der Waals surface area (Å²) >= 11 is 0. The van der Waals surface area contributed by atoms with Crippen LogP contribution in [0.3, 0.4) is 0 Å². The van der Waals surface area contributed by atoms with Gasteiger partial charge in [-0.3, -0.25) is 9.52 Å². The standard InChI is InChI=1S/C22H25N3O4S/c1-2-29-20-12-14-21(15-13-20)30(27,28)25-19-10-8-18(9-11-19)22(26)24-23-16-17-6-4-3-5-7-17/h3-4,8-17,25H,2,5-7H2,1H3,(H,24,26)/b23-16+. The summed E-state index contributed by atoms with van der Waals surface area (Å²) in [5, 5.41) is 4.03. The summed E-state index contributed by atoms with van der Waals surface area (Å²) in [6.07, 6.45) is 9.02. The maximum atomic E-state index is 12.5. The van der Waals surface area contributed by atoms with Crippen molar-refractivity contribution in [2.24, 2.45) is 11.0 Å². The molecule has 0 bridgehead atoms. The second-order valence-electron chi connectivity index (χ2n) is 6.85. The van der Waals surface area contributed by atoms with Gasteiger partial charge in [0.2, 0.25) is 0 Å². The largest absolute Gasteiger partial charge is 0.494 e. The lowest BCUT2D eigenvalue weighted by atomic mass is 9.96. The van der Waals surface area contributed by atoms with Gasteiger partial charge in [0.15, 0.2) is 0 Å². The fourth-order valence-corrected chi connectivity index (χ4v) is 4.06. The number of rotatable bonds is 8. The number of nitrogens with one attached hydrogen (secondary N) is 2. The Morgan fingerprint density at radius 2 is 1.87 bits per heavy atom. The van der Waals surface area contributed by atoms with E-state index < -0.39 is 10.0 Å². The lowest BCUT2D eigenvalue weighted by Gasteiger charge is -2.12. The molecule has 1 aliphatic rings. The van der Waals surface area contributed by atoms with E-state index in [1.807, 2.05) is 6.92 Å². The second kappa shape index (κ2) is 10.1. The van der Waals surface area contributed by atoms with Crippen LogP contribution in [0.1, 0.15) is 36.5 Å². The molecule has 2 aromatic carbocycles. The smallest absolute Gasteiger partial charge is 0.271 e. The van der Waals surface area contributed by atoms with Gasteiger partial charge < -0.3 is 4.74 Å². The third-order valence-electron chi connectivity index (χ3n) is 4.61. The van der Waals surface area contributed by atoms with Gasteiger partial charge in [0, 0.05) is 17.5 Å². The van der Waals surface area contributed by atoms with Crippen LogP contribution >= 0.6 is 0 Å². The van der Waals surface area contributed by atoms with E-state index in [1.54, 1.807) is 30.5 Å². The summed E-state index contributed by atoms with van der Waals surface area (Å²) in [7, 11) is -3.74. The summed E-state index contributed by atoms with van der Waals surface area (Å²) in [4.78, 5) is 12.3. The molecule has 7 nitrogen and oxygen atoms in total. The van der Waals surface area contributed by atoms with Crippen LogP contribution in [0, 0.1) is 5.92 Å². The zero-order valence-electron chi connectivity index (χ0n) is 16.7. The third kappa shape index (κ3) is 5.93.